The summed E-state index contributed by atoms with van der Waals surface area (Å²) in [5, 5.41) is 4.34. The standard InChI is InChI=1S/C30H23N7O2S/c1-18-25(28-31-14-15-36(28)17-33-18)29(38)34-19(2)27-35-24-11-7-8-21(12-13-23-16-32-20(3)40-23)26(24)30(39)37(27)22-9-5-4-6-10-22/h4-11,14-17,19H,1-3H3,(H,34,38)/t19-/m0/s1. The van der Waals surface area contributed by atoms with Gasteiger partial charge in [-0.3, -0.25) is 18.6 Å². The first kappa shape index (κ1) is 25.2. The Kier molecular flexibility index (Phi) is 6.42. The number of benzene rings is 2. The van der Waals surface area contributed by atoms with Crippen molar-refractivity contribution in [2.45, 2.75) is 26.8 Å². The van der Waals surface area contributed by atoms with Crippen LogP contribution in [0.15, 0.2) is 78.2 Å². The van der Waals surface area contributed by atoms with Gasteiger partial charge in [-0.25, -0.2) is 19.9 Å². The van der Waals surface area contributed by atoms with Gasteiger partial charge in [-0.2, -0.15) is 0 Å². The minimum absolute atomic E-state index is 0.272. The number of aryl methyl sites for hydroxylation is 2. The van der Waals surface area contributed by atoms with E-state index in [0.717, 1.165) is 9.88 Å². The Bertz CT molecular complexity index is 2030. The van der Waals surface area contributed by atoms with Crippen molar-refractivity contribution < 1.29 is 4.79 Å². The zero-order valence-electron chi connectivity index (χ0n) is 21.9. The third-order valence-electron chi connectivity index (χ3n) is 6.47. The lowest BCUT2D eigenvalue weighted by Crippen LogP contribution is -2.34. The summed E-state index contributed by atoms with van der Waals surface area (Å²) in [6, 6.07) is 14.0. The van der Waals surface area contributed by atoms with Crippen molar-refractivity contribution in [1.82, 2.24) is 34.2 Å². The molecule has 0 aliphatic carbocycles. The lowest BCUT2D eigenvalue weighted by molar-refractivity contribution is 0.0938. The van der Waals surface area contributed by atoms with E-state index < -0.39 is 6.04 Å². The maximum atomic E-state index is 14.1. The van der Waals surface area contributed by atoms with Crippen LogP contribution in [-0.4, -0.2) is 34.8 Å². The van der Waals surface area contributed by atoms with E-state index in [1.165, 1.54) is 15.9 Å². The Morgan fingerprint density at radius 2 is 1.85 bits per heavy atom. The normalized spacial score (nSPS) is 11.8. The average Bonchev–Trinajstić information content (AvgIpc) is 3.60. The molecule has 1 atom stereocenters. The van der Waals surface area contributed by atoms with Gasteiger partial charge in [-0.05, 0) is 51.0 Å². The number of amides is 1. The molecule has 0 spiro atoms. The van der Waals surface area contributed by atoms with E-state index in [0.29, 0.717) is 44.9 Å². The average molecular weight is 546 g/mol. The molecule has 0 radical (unpaired) electrons. The SMILES string of the molecule is Cc1ncc(C#Cc2cccc3nc([C@H](C)NC(=O)c4c(C)ncn5ccnc45)n(-c4ccccc4)c(=O)c23)s1. The van der Waals surface area contributed by atoms with Gasteiger partial charge in [0.2, 0.25) is 0 Å². The van der Waals surface area contributed by atoms with E-state index in [1.54, 1.807) is 49.2 Å². The van der Waals surface area contributed by atoms with E-state index in [4.69, 9.17) is 4.98 Å². The molecule has 4 aromatic heterocycles. The van der Waals surface area contributed by atoms with Crippen molar-refractivity contribution in [2.75, 3.05) is 0 Å². The molecule has 1 amide bonds. The number of nitrogens with zero attached hydrogens (tertiary/aromatic N) is 6. The second kappa shape index (κ2) is 10.2. The smallest absolute Gasteiger partial charge is 0.267 e. The van der Waals surface area contributed by atoms with E-state index >= 15 is 0 Å². The van der Waals surface area contributed by atoms with Crippen molar-refractivity contribution in [3.63, 3.8) is 0 Å². The minimum Gasteiger partial charge on any atom is -0.342 e. The zero-order chi connectivity index (χ0) is 27.8. The fourth-order valence-corrected chi connectivity index (χ4v) is 5.22. The van der Waals surface area contributed by atoms with Crippen molar-refractivity contribution in [3.05, 3.63) is 116 Å². The third-order valence-corrected chi connectivity index (χ3v) is 7.30. The van der Waals surface area contributed by atoms with Gasteiger partial charge in [0.1, 0.15) is 17.7 Å². The Labute approximate surface area is 233 Å². The Morgan fingerprint density at radius 1 is 1.02 bits per heavy atom. The summed E-state index contributed by atoms with van der Waals surface area (Å²) >= 11 is 1.49. The number of thiazole rings is 1. The van der Waals surface area contributed by atoms with Crippen LogP contribution in [0.4, 0.5) is 0 Å². The van der Waals surface area contributed by atoms with Gasteiger partial charge in [-0.15, -0.1) is 11.3 Å². The lowest BCUT2D eigenvalue weighted by atomic mass is 10.1. The van der Waals surface area contributed by atoms with E-state index in [1.807, 2.05) is 49.4 Å². The second-order valence-electron chi connectivity index (χ2n) is 9.20. The van der Waals surface area contributed by atoms with Gasteiger partial charge in [0.15, 0.2) is 5.65 Å². The highest BCUT2D eigenvalue weighted by molar-refractivity contribution is 7.12. The number of rotatable bonds is 4. The molecule has 0 aliphatic heterocycles. The van der Waals surface area contributed by atoms with E-state index in [9.17, 15) is 9.59 Å². The predicted molar refractivity (Wildman–Crippen MR) is 154 cm³/mol. The highest BCUT2D eigenvalue weighted by Gasteiger charge is 2.23. The van der Waals surface area contributed by atoms with E-state index in [2.05, 4.69) is 32.1 Å². The van der Waals surface area contributed by atoms with Gasteiger partial charge in [0, 0.05) is 18.0 Å². The fourth-order valence-electron chi connectivity index (χ4n) is 4.59. The largest absolute Gasteiger partial charge is 0.342 e. The fraction of sp³-hybridized carbons (Fsp3) is 0.133. The molecular weight excluding hydrogens is 522 g/mol. The van der Waals surface area contributed by atoms with Gasteiger partial charge in [0.05, 0.1) is 44.4 Å². The lowest BCUT2D eigenvalue weighted by Gasteiger charge is -2.20. The third kappa shape index (κ3) is 4.52. The molecule has 0 unspecified atom stereocenters. The molecule has 40 heavy (non-hydrogen) atoms. The van der Waals surface area contributed by atoms with E-state index in [-0.39, 0.29) is 11.5 Å². The summed E-state index contributed by atoms with van der Waals surface area (Å²) < 4.78 is 3.23. The summed E-state index contributed by atoms with van der Waals surface area (Å²) in [4.78, 5) is 46.2. The van der Waals surface area contributed by atoms with Crippen LogP contribution in [0, 0.1) is 25.7 Å². The summed E-state index contributed by atoms with van der Waals surface area (Å²) in [7, 11) is 0. The van der Waals surface area contributed by atoms with Gasteiger partial charge >= 0.3 is 0 Å². The Balaban J connectivity index is 1.48. The van der Waals surface area contributed by atoms with Crippen LogP contribution >= 0.6 is 11.3 Å². The molecule has 0 aliphatic rings. The van der Waals surface area contributed by atoms with Crippen LogP contribution in [0.5, 0.6) is 0 Å². The molecule has 4 heterocycles. The van der Waals surface area contributed by atoms with Crippen LogP contribution in [0.3, 0.4) is 0 Å². The first-order valence-corrected chi connectivity index (χ1v) is 13.4. The van der Waals surface area contributed by atoms with Crippen LogP contribution in [0.1, 0.15) is 50.3 Å². The molecule has 6 rings (SSSR count). The quantitative estimate of drug-likeness (QED) is 0.329. The molecule has 0 bridgehead atoms. The summed E-state index contributed by atoms with van der Waals surface area (Å²) in [5.41, 5.74) is 2.84. The molecule has 0 saturated heterocycles. The number of nitrogens with one attached hydrogen (secondary N) is 1. The van der Waals surface area contributed by atoms with Crippen molar-refractivity contribution in [2.24, 2.45) is 0 Å². The number of hydrogen-bond acceptors (Lipinski definition) is 7. The van der Waals surface area contributed by atoms with Crippen LogP contribution in [-0.2, 0) is 0 Å². The van der Waals surface area contributed by atoms with Gasteiger partial charge in [0.25, 0.3) is 11.5 Å². The Morgan fingerprint density at radius 3 is 2.62 bits per heavy atom. The van der Waals surface area contributed by atoms with Gasteiger partial charge in [-0.1, -0.05) is 30.2 Å². The number of para-hydroxylation sites is 1. The highest BCUT2D eigenvalue weighted by Crippen LogP contribution is 2.22. The van der Waals surface area contributed by atoms with Gasteiger partial charge < -0.3 is 5.32 Å². The van der Waals surface area contributed by atoms with Crippen molar-refractivity contribution in [3.8, 4) is 17.5 Å². The molecule has 10 heteroatoms. The monoisotopic (exact) mass is 545 g/mol. The number of aromatic nitrogens is 6. The van der Waals surface area contributed by atoms with Crippen LogP contribution in [0.2, 0.25) is 0 Å². The molecule has 196 valence electrons. The Hall–Kier alpha value is -5.14. The first-order chi connectivity index (χ1) is 19.4. The molecule has 2 aromatic carbocycles. The number of hydrogen-bond donors (Lipinski definition) is 1. The highest BCUT2D eigenvalue weighted by atomic mass is 32.1. The molecule has 1 N–H and O–H groups in total. The van der Waals surface area contributed by atoms with Crippen molar-refractivity contribution in [1.29, 1.82) is 0 Å². The number of fused-ring (bicyclic) bond motifs is 2. The molecule has 9 nitrogen and oxygen atoms in total. The molecule has 0 fully saturated rings. The zero-order valence-corrected chi connectivity index (χ0v) is 22.7. The van der Waals surface area contributed by atoms with Crippen LogP contribution in [0.25, 0.3) is 22.2 Å². The topological polar surface area (TPSA) is 107 Å². The summed E-state index contributed by atoms with van der Waals surface area (Å²) in [6.45, 7) is 5.48. The van der Waals surface area contributed by atoms with Crippen LogP contribution < -0.4 is 10.9 Å². The molecular formula is C30H23N7O2S. The minimum atomic E-state index is -0.630. The maximum absolute atomic E-state index is 14.1. The predicted octanol–water partition coefficient (Wildman–Crippen LogP) is 4.39. The van der Waals surface area contributed by atoms with Crippen molar-refractivity contribution >= 4 is 33.8 Å². The number of carbonyl (C=O) groups is 1. The first-order valence-electron chi connectivity index (χ1n) is 12.6. The summed E-state index contributed by atoms with van der Waals surface area (Å²) in [5.74, 6) is 6.29. The number of carbonyl (C=O) groups excluding carboxylic acids is 1. The maximum Gasteiger partial charge on any atom is 0.267 e. The second-order valence-corrected chi connectivity index (χ2v) is 10.4. The summed E-state index contributed by atoms with van der Waals surface area (Å²) in [6.07, 6.45) is 6.69. The molecule has 0 saturated carbocycles. The number of imidazole rings is 1. The molecule has 6 aromatic rings.